The Kier molecular flexibility index (Phi) is 4.40. The zero-order valence-corrected chi connectivity index (χ0v) is 14.2. The molecular weight excluding hydrogens is 276 g/mol. The maximum Gasteiger partial charge on any atom is 0.341 e. The van der Waals surface area contributed by atoms with Crippen molar-refractivity contribution >= 4 is 5.97 Å². The van der Waals surface area contributed by atoms with Crippen molar-refractivity contribution < 1.29 is 9.53 Å². The number of carbonyl (C=O) groups excluding carboxylic acids is 1. The van der Waals surface area contributed by atoms with Gasteiger partial charge in [-0.2, -0.15) is 5.10 Å². The molecule has 1 heterocycles. The van der Waals surface area contributed by atoms with E-state index in [1.54, 1.807) is 11.6 Å². The molecule has 0 radical (unpaired) electrons. The second-order valence-electron chi connectivity index (χ2n) is 6.47. The summed E-state index contributed by atoms with van der Waals surface area (Å²) in [4.78, 5) is 12.0. The number of esters is 1. The largest absolute Gasteiger partial charge is 0.462 e. The first-order valence-corrected chi connectivity index (χ1v) is 7.60. The molecule has 0 amide bonds. The average Bonchev–Trinajstić information content (AvgIpc) is 2.73. The van der Waals surface area contributed by atoms with Crippen molar-refractivity contribution in [3.8, 4) is 5.69 Å². The molecule has 0 N–H and O–H groups in total. The summed E-state index contributed by atoms with van der Waals surface area (Å²) in [5, 5.41) is 4.49. The van der Waals surface area contributed by atoms with Crippen LogP contribution in [0.15, 0.2) is 24.3 Å². The fourth-order valence-electron chi connectivity index (χ4n) is 2.50. The van der Waals surface area contributed by atoms with Gasteiger partial charge in [0.05, 0.1) is 23.7 Å². The van der Waals surface area contributed by atoms with Gasteiger partial charge in [-0.1, -0.05) is 32.9 Å². The second-order valence-corrected chi connectivity index (χ2v) is 6.47. The molecule has 1 aromatic heterocycles. The number of rotatable bonds is 3. The molecule has 0 fully saturated rings. The Balaban J connectivity index is 2.42. The van der Waals surface area contributed by atoms with Crippen LogP contribution in [0.2, 0.25) is 0 Å². The van der Waals surface area contributed by atoms with Gasteiger partial charge < -0.3 is 4.74 Å². The van der Waals surface area contributed by atoms with Crippen molar-refractivity contribution in [2.24, 2.45) is 0 Å². The highest BCUT2D eigenvalue weighted by Crippen LogP contribution is 2.24. The van der Waals surface area contributed by atoms with Crippen molar-refractivity contribution in [2.75, 3.05) is 6.61 Å². The van der Waals surface area contributed by atoms with Gasteiger partial charge in [0.2, 0.25) is 0 Å². The summed E-state index contributed by atoms with van der Waals surface area (Å²) >= 11 is 0. The molecule has 0 atom stereocenters. The van der Waals surface area contributed by atoms with Gasteiger partial charge in [-0.25, -0.2) is 9.48 Å². The van der Waals surface area contributed by atoms with E-state index >= 15 is 0 Å². The lowest BCUT2D eigenvalue weighted by molar-refractivity contribution is 0.0524. The van der Waals surface area contributed by atoms with Crippen LogP contribution in [0, 0.1) is 13.8 Å². The van der Waals surface area contributed by atoms with Gasteiger partial charge in [-0.3, -0.25) is 0 Å². The topological polar surface area (TPSA) is 44.1 Å². The van der Waals surface area contributed by atoms with Crippen molar-refractivity contribution in [3.05, 3.63) is 46.8 Å². The number of ether oxygens (including phenoxy) is 1. The number of aromatic nitrogens is 2. The van der Waals surface area contributed by atoms with E-state index < -0.39 is 0 Å². The Morgan fingerprint density at radius 1 is 1.18 bits per heavy atom. The summed E-state index contributed by atoms with van der Waals surface area (Å²) < 4.78 is 6.91. The van der Waals surface area contributed by atoms with Crippen LogP contribution >= 0.6 is 0 Å². The molecule has 4 heteroatoms. The Hall–Kier alpha value is -2.10. The maximum absolute atomic E-state index is 12.0. The minimum atomic E-state index is -0.310. The highest BCUT2D eigenvalue weighted by molar-refractivity contribution is 5.92. The molecule has 0 spiro atoms. The molecule has 0 aliphatic rings. The lowest BCUT2D eigenvalue weighted by atomic mass is 9.87. The van der Waals surface area contributed by atoms with Crippen LogP contribution in [-0.4, -0.2) is 22.4 Å². The molecule has 1 aromatic carbocycles. The van der Waals surface area contributed by atoms with Gasteiger partial charge >= 0.3 is 5.97 Å². The van der Waals surface area contributed by atoms with Crippen molar-refractivity contribution in [3.63, 3.8) is 0 Å². The minimum absolute atomic E-state index is 0.115. The molecule has 2 aromatic rings. The van der Waals surface area contributed by atoms with Gasteiger partial charge in [0, 0.05) is 0 Å². The molecule has 0 aliphatic carbocycles. The van der Waals surface area contributed by atoms with E-state index in [1.807, 2.05) is 26.0 Å². The van der Waals surface area contributed by atoms with Gasteiger partial charge in [0.15, 0.2) is 0 Å². The molecule has 4 nitrogen and oxygen atoms in total. The zero-order chi connectivity index (χ0) is 16.5. The van der Waals surface area contributed by atoms with Crippen LogP contribution in [0.1, 0.15) is 55.0 Å². The first-order chi connectivity index (χ1) is 10.3. The standard InChI is InChI=1S/C18H24N2O2/c1-7-22-17(21)16-12(2)19-20(13(16)3)15-10-8-14(9-11-15)18(4,5)6/h8-11H,7H2,1-6H3. The third kappa shape index (κ3) is 3.06. The van der Waals surface area contributed by atoms with E-state index in [-0.39, 0.29) is 11.4 Å². The third-order valence-electron chi connectivity index (χ3n) is 3.75. The van der Waals surface area contributed by atoms with Crippen molar-refractivity contribution in [1.29, 1.82) is 0 Å². The summed E-state index contributed by atoms with van der Waals surface area (Å²) in [5.41, 5.74) is 4.38. The molecule has 0 unspecified atom stereocenters. The smallest absolute Gasteiger partial charge is 0.341 e. The fourth-order valence-corrected chi connectivity index (χ4v) is 2.50. The molecule has 22 heavy (non-hydrogen) atoms. The number of hydrogen-bond acceptors (Lipinski definition) is 3. The van der Waals surface area contributed by atoms with Crippen LogP contribution < -0.4 is 0 Å². The summed E-state index contributed by atoms with van der Waals surface area (Å²) in [7, 11) is 0. The Morgan fingerprint density at radius 2 is 1.77 bits per heavy atom. The van der Waals surface area contributed by atoms with E-state index in [2.05, 4.69) is 38.0 Å². The Bertz CT molecular complexity index is 676. The van der Waals surface area contributed by atoms with Crippen LogP contribution in [0.3, 0.4) is 0 Å². The van der Waals surface area contributed by atoms with E-state index in [0.717, 1.165) is 11.4 Å². The summed E-state index contributed by atoms with van der Waals surface area (Å²) in [6.07, 6.45) is 0. The summed E-state index contributed by atoms with van der Waals surface area (Å²) in [6.45, 7) is 12.4. The second kappa shape index (κ2) is 5.95. The molecule has 0 saturated carbocycles. The van der Waals surface area contributed by atoms with E-state index in [4.69, 9.17) is 4.74 Å². The lowest BCUT2D eigenvalue weighted by Crippen LogP contribution is -2.11. The summed E-state index contributed by atoms with van der Waals surface area (Å²) in [5.74, 6) is -0.310. The average molecular weight is 300 g/mol. The van der Waals surface area contributed by atoms with Crippen LogP contribution in [0.5, 0.6) is 0 Å². The first-order valence-electron chi connectivity index (χ1n) is 7.60. The maximum atomic E-state index is 12.0. The lowest BCUT2D eigenvalue weighted by Gasteiger charge is -2.19. The third-order valence-corrected chi connectivity index (χ3v) is 3.75. The number of hydrogen-bond donors (Lipinski definition) is 0. The molecule has 0 saturated heterocycles. The first kappa shape index (κ1) is 16.3. The molecular formula is C18H24N2O2. The number of carbonyl (C=O) groups is 1. The Labute approximate surface area is 132 Å². The van der Waals surface area contributed by atoms with Gasteiger partial charge in [0.25, 0.3) is 0 Å². The van der Waals surface area contributed by atoms with Crippen LogP contribution in [-0.2, 0) is 10.2 Å². The fraction of sp³-hybridized carbons (Fsp3) is 0.444. The molecule has 0 bridgehead atoms. The molecule has 2 rings (SSSR count). The van der Waals surface area contributed by atoms with Gasteiger partial charge in [0.1, 0.15) is 5.56 Å². The van der Waals surface area contributed by atoms with Crippen LogP contribution in [0.25, 0.3) is 5.69 Å². The van der Waals surface area contributed by atoms with E-state index in [0.29, 0.717) is 17.9 Å². The van der Waals surface area contributed by atoms with Crippen LogP contribution in [0.4, 0.5) is 0 Å². The molecule has 118 valence electrons. The highest BCUT2D eigenvalue weighted by atomic mass is 16.5. The quantitative estimate of drug-likeness (QED) is 0.806. The van der Waals surface area contributed by atoms with Gasteiger partial charge in [-0.15, -0.1) is 0 Å². The van der Waals surface area contributed by atoms with Crippen molar-refractivity contribution in [2.45, 2.75) is 47.0 Å². The molecule has 0 aliphatic heterocycles. The summed E-state index contributed by atoms with van der Waals surface area (Å²) in [6, 6.07) is 8.29. The highest BCUT2D eigenvalue weighted by Gasteiger charge is 2.20. The normalized spacial score (nSPS) is 11.5. The zero-order valence-electron chi connectivity index (χ0n) is 14.2. The Morgan fingerprint density at radius 3 is 2.27 bits per heavy atom. The number of benzene rings is 1. The predicted octanol–water partition coefficient (Wildman–Crippen LogP) is 3.96. The van der Waals surface area contributed by atoms with E-state index in [1.165, 1.54) is 5.56 Å². The number of aryl methyl sites for hydroxylation is 1. The van der Waals surface area contributed by atoms with E-state index in [9.17, 15) is 4.79 Å². The number of nitrogens with zero attached hydrogens (tertiary/aromatic N) is 2. The van der Waals surface area contributed by atoms with Crippen molar-refractivity contribution in [1.82, 2.24) is 9.78 Å². The minimum Gasteiger partial charge on any atom is -0.462 e. The predicted molar refractivity (Wildman–Crippen MR) is 87.7 cm³/mol. The SMILES string of the molecule is CCOC(=O)c1c(C)nn(-c2ccc(C(C)(C)C)cc2)c1C. The van der Waals surface area contributed by atoms with Gasteiger partial charge in [-0.05, 0) is 43.9 Å². The monoisotopic (exact) mass is 300 g/mol.